The highest BCUT2D eigenvalue weighted by molar-refractivity contribution is 7.16. The molecule has 126 valence electrons. The lowest BCUT2D eigenvalue weighted by Crippen LogP contribution is -2.26. The number of amides is 1. The molecule has 0 radical (unpaired) electrons. The number of rotatable bonds is 4. The summed E-state index contributed by atoms with van der Waals surface area (Å²) in [6.07, 6.45) is -4.46. The number of nitrogens with one attached hydrogen (secondary N) is 1. The van der Waals surface area contributed by atoms with Crippen molar-refractivity contribution in [1.29, 1.82) is 0 Å². The third-order valence-corrected chi connectivity index (χ3v) is 3.99. The molecular formula is C13H9F4N5OS. The van der Waals surface area contributed by atoms with Crippen molar-refractivity contribution in [1.82, 2.24) is 25.1 Å². The van der Waals surface area contributed by atoms with Crippen LogP contribution < -0.4 is 5.32 Å². The van der Waals surface area contributed by atoms with Crippen LogP contribution in [0.3, 0.4) is 0 Å². The van der Waals surface area contributed by atoms with Crippen molar-refractivity contribution in [3.63, 3.8) is 0 Å². The van der Waals surface area contributed by atoms with Crippen molar-refractivity contribution in [3.05, 3.63) is 46.5 Å². The van der Waals surface area contributed by atoms with Crippen LogP contribution in [0.2, 0.25) is 0 Å². The van der Waals surface area contributed by atoms with Gasteiger partial charge in [0.2, 0.25) is 4.96 Å². The average Bonchev–Trinajstić information content (AvgIpc) is 3.06. The molecule has 1 aromatic carbocycles. The molecule has 3 aromatic rings. The molecule has 1 N–H and O–H groups in total. The Morgan fingerprint density at radius 2 is 2.00 bits per heavy atom. The third kappa shape index (κ3) is 3.20. The van der Waals surface area contributed by atoms with Gasteiger partial charge in [0.25, 0.3) is 11.7 Å². The molecule has 0 atom stereocenters. The summed E-state index contributed by atoms with van der Waals surface area (Å²) < 4.78 is 52.1. The molecule has 2 aromatic heterocycles. The Morgan fingerprint density at radius 3 is 2.71 bits per heavy atom. The predicted octanol–water partition coefficient (Wildman–Crippen LogP) is 2.32. The number of aromatic nitrogens is 4. The van der Waals surface area contributed by atoms with Gasteiger partial charge in [-0.2, -0.15) is 22.8 Å². The van der Waals surface area contributed by atoms with E-state index in [1.54, 1.807) is 0 Å². The van der Waals surface area contributed by atoms with E-state index in [1.165, 1.54) is 18.2 Å². The van der Waals surface area contributed by atoms with E-state index in [9.17, 15) is 22.4 Å². The SMILES string of the molecule is O=C(NCCc1nn2c(C(F)(F)F)nnc2s1)c1ccccc1F. The lowest BCUT2D eigenvalue weighted by molar-refractivity contribution is -0.146. The summed E-state index contributed by atoms with van der Waals surface area (Å²) in [5.74, 6) is -2.45. The Kier molecular flexibility index (Phi) is 4.18. The van der Waals surface area contributed by atoms with Gasteiger partial charge in [-0.05, 0) is 12.1 Å². The van der Waals surface area contributed by atoms with Crippen LogP contribution in [0.25, 0.3) is 4.96 Å². The van der Waals surface area contributed by atoms with E-state index >= 15 is 0 Å². The highest BCUT2D eigenvalue weighted by atomic mass is 32.1. The molecule has 0 aliphatic carbocycles. The normalized spacial score (nSPS) is 11.8. The average molecular weight is 359 g/mol. The van der Waals surface area contributed by atoms with Gasteiger partial charge in [-0.15, -0.1) is 10.2 Å². The largest absolute Gasteiger partial charge is 0.453 e. The molecule has 1 amide bonds. The van der Waals surface area contributed by atoms with Gasteiger partial charge in [0.1, 0.15) is 10.8 Å². The van der Waals surface area contributed by atoms with Crippen molar-refractivity contribution in [3.8, 4) is 0 Å². The fourth-order valence-electron chi connectivity index (χ4n) is 1.96. The van der Waals surface area contributed by atoms with Crippen LogP contribution in [0.4, 0.5) is 17.6 Å². The molecule has 3 rings (SSSR count). The first-order valence-electron chi connectivity index (χ1n) is 6.67. The number of nitrogens with zero attached hydrogens (tertiary/aromatic N) is 4. The second-order valence-electron chi connectivity index (χ2n) is 4.70. The number of benzene rings is 1. The number of carbonyl (C=O) groups excluding carboxylic acids is 1. The molecule has 0 saturated carbocycles. The van der Waals surface area contributed by atoms with Crippen LogP contribution in [-0.4, -0.2) is 32.3 Å². The molecule has 0 fully saturated rings. The Hall–Kier alpha value is -2.56. The highest BCUT2D eigenvalue weighted by Crippen LogP contribution is 2.28. The second kappa shape index (κ2) is 6.15. The van der Waals surface area contributed by atoms with Crippen molar-refractivity contribution in [2.45, 2.75) is 12.6 Å². The van der Waals surface area contributed by atoms with Gasteiger partial charge < -0.3 is 5.32 Å². The van der Waals surface area contributed by atoms with Crippen molar-refractivity contribution < 1.29 is 22.4 Å². The zero-order valence-electron chi connectivity index (χ0n) is 11.8. The molecule has 0 aliphatic heterocycles. The molecule has 24 heavy (non-hydrogen) atoms. The van der Waals surface area contributed by atoms with Gasteiger partial charge in [0.05, 0.1) is 5.56 Å². The molecule has 2 heterocycles. The highest BCUT2D eigenvalue weighted by Gasteiger charge is 2.38. The zero-order chi connectivity index (χ0) is 17.3. The molecule has 0 bridgehead atoms. The van der Waals surface area contributed by atoms with Crippen LogP contribution in [0.1, 0.15) is 21.2 Å². The molecule has 6 nitrogen and oxygen atoms in total. The van der Waals surface area contributed by atoms with Crippen LogP contribution >= 0.6 is 11.3 Å². The van der Waals surface area contributed by atoms with Crippen molar-refractivity contribution >= 4 is 22.2 Å². The first kappa shape index (κ1) is 16.3. The fraction of sp³-hybridized carbons (Fsp3) is 0.231. The minimum atomic E-state index is -4.65. The predicted molar refractivity (Wildman–Crippen MR) is 76.1 cm³/mol. The topological polar surface area (TPSA) is 72.2 Å². The van der Waals surface area contributed by atoms with Crippen molar-refractivity contribution in [2.75, 3.05) is 6.54 Å². The molecule has 0 saturated heterocycles. The summed E-state index contributed by atoms with van der Waals surface area (Å²) in [4.78, 5) is 11.8. The summed E-state index contributed by atoms with van der Waals surface area (Å²) in [7, 11) is 0. The summed E-state index contributed by atoms with van der Waals surface area (Å²) in [6.45, 7) is 0.0958. The standard InChI is InChI=1S/C13H9F4N5OS/c14-8-4-2-1-3-7(8)10(23)18-6-5-9-21-22-11(13(15,16)17)19-20-12(22)24-9/h1-4H,5-6H2,(H,18,23). The zero-order valence-corrected chi connectivity index (χ0v) is 12.7. The first-order chi connectivity index (χ1) is 11.4. The first-order valence-corrected chi connectivity index (χ1v) is 7.49. The van der Waals surface area contributed by atoms with E-state index in [0.717, 1.165) is 17.4 Å². The number of alkyl halides is 3. The van der Waals surface area contributed by atoms with Gasteiger partial charge in [0, 0.05) is 13.0 Å². The van der Waals surface area contributed by atoms with Crippen LogP contribution in [0.15, 0.2) is 24.3 Å². The van der Waals surface area contributed by atoms with Crippen LogP contribution in [-0.2, 0) is 12.6 Å². The number of hydrogen-bond acceptors (Lipinski definition) is 5. The number of halogens is 4. The van der Waals surface area contributed by atoms with E-state index in [0.29, 0.717) is 9.52 Å². The maximum Gasteiger partial charge on any atom is 0.453 e. The minimum Gasteiger partial charge on any atom is -0.352 e. The Balaban J connectivity index is 1.65. The van der Waals surface area contributed by atoms with Gasteiger partial charge in [-0.3, -0.25) is 4.79 Å². The molecule has 0 spiro atoms. The Bertz CT molecular complexity index is 888. The lowest BCUT2D eigenvalue weighted by Gasteiger charge is -2.04. The maximum absolute atomic E-state index is 13.4. The molecule has 0 unspecified atom stereocenters. The Labute approximate surface area is 136 Å². The smallest absolute Gasteiger partial charge is 0.352 e. The van der Waals surface area contributed by atoms with Crippen molar-refractivity contribution in [2.24, 2.45) is 0 Å². The van der Waals surface area contributed by atoms with E-state index in [4.69, 9.17) is 0 Å². The maximum atomic E-state index is 13.4. The van der Waals surface area contributed by atoms with Gasteiger partial charge in [-0.1, -0.05) is 23.5 Å². The quantitative estimate of drug-likeness (QED) is 0.726. The Morgan fingerprint density at radius 1 is 1.25 bits per heavy atom. The summed E-state index contributed by atoms with van der Waals surface area (Å²) >= 11 is 0.938. The van der Waals surface area contributed by atoms with Gasteiger partial charge in [0.15, 0.2) is 0 Å². The summed E-state index contributed by atoms with van der Waals surface area (Å²) in [6, 6.07) is 5.49. The fourth-order valence-corrected chi connectivity index (χ4v) is 2.79. The van der Waals surface area contributed by atoms with Crippen LogP contribution in [0, 0.1) is 5.82 Å². The monoisotopic (exact) mass is 359 g/mol. The van der Waals surface area contributed by atoms with Crippen LogP contribution in [0.5, 0.6) is 0 Å². The molecule has 0 aliphatic rings. The summed E-state index contributed by atoms with van der Waals surface area (Å²) in [5, 5.41) is 13.1. The van der Waals surface area contributed by atoms with E-state index < -0.39 is 23.7 Å². The molecule has 11 heteroatoms. The summed E-state index contributed by atoms with van der Waals surface area (Å²) in [5.41, 5.74) is -0.102. The van der Waals surface area contributed by atoms with E-state index in [-0.39, 0.29) is 23.5 Å². The third-order valence-electron chi connectivity index (χ3n) is 3.03. The number of carbonyl (C=O) groups is 1. The number of hydrogen-bond donors (Lipinski definition) is 1. The van der Waals surface area contributed by atoms with E-state index in [1.807, 2.05) is 0 Å². The van der Waals surface area contributed by atoms with Gasteiger partial charge in [-0.25, -0.2) is 4.39 Å². The lowest BCUT2D eigenvalue weighted by atomic mass is 10.2. The number of fused-ring (bicyclic) bond motifs is 1. The molecular weight excluding hydrogens is 350 g/mol. The van der Waals surface area contributed by atoms with E-state index in [2.05, 4.69) is 20.6 Å². The minimum absolute atomic E-state index is 0.0118. The van der Waals surface area contributed by atoms with Gasteiger partial charge >= 0.3 is 6.18 Å². The second-order valence-corrected chi connectivity index (χ2v) is 5.74.